The zero-order chi connectivity index (χ0) is 22.0. The number of hydrogen-bond acceptors (Lipinski definition) is 6. The first-order chi connectivity index (χ1) is 15.0. The summed E-state index contributed by atoms with van der Waals surface area (Å²) in [6.07, 6.45) is 3.34. The Morgan fingerprint density at radius 2 is 1.97 bits per heavy atom. The van der Waals surface area contributed by atoms with Gasteiger partial charge >= 0.3 is 5.76 Å². The van der Waals surface area contributed by atoms with Crippen LogP contribution in [-0.4, -0.2) is 51.4 Å². The summed E-state index contributed by atoms with van der Waals surface area (Å²) in [7, 11) is 1.58. The number of hydrogen-bond donors (Lipinski definition) is 1. The highest BCUT2D eigenvalue weighted by Crippen LogP contribution is 2.26. The van der Waals surface area contributed by atoms with Crippen LogP contribution in [0.5, 0.6) is 0 Å². The zero-order valence-electron chi connectivity index (χ0n) is 17.6. The first-order valence-corrected chi connectivity index (χ1v) is 10.4. The van der Waals surface area contributed by atoms with Crippen LogP contribution in [0.2, 0.25) is 0 Å². The van der Waals surface area contributed by atoms with Gasteiger partial charge in [0.25, 0.3) is 5.91 Å². The maximum absolute atomic E-state index is 12.7. The number of likely N-dealkylation sites (tertiary alicyclic amines) is 1. The van der Waals surface area contributed by atoms with Crippen molar-refractivity contribution in [3.8, 4) is 0 Å². The molecule has 2 aromatic heterocycles. The number of carbonyl (C=O) groups excluding carboxylic acids is 2. The highest BCUT2D eigenvalue weighted by Gasteiger charge is 2.26. The van der Waals surface area contributed by atoms with E-state index in [-0.39, 0.29) is 30.7 Å². The molecule has 1 aliphatic rings. The molecule has 4 rings (SSSR count). The van der Waals surface area contributed by atoms with E-state index in [2.05, 4.69) is 15.3 Å². The van der Waals surface area contributed by atoms with E-state index in [1.165, 1.54) is 4.57 Å². The molecule has 0 unspecified atom stereocenters. The zero-order valence-corrected chi connectivity index (χ0v) is 17.6. The van der Waals surface area contributed by atoms with Crippen LogP contribution in [0.3, 0.4) is 0 Å². The van der Waals surface area contributed by atoms with Gasteiger partial charge in [-0.15, -0.1) is 0 Å². The molecule has 3 heterocycles. The van der Waals surface area contributed by atoms with Crippen LogP contribution in [0.25, 0.3) is 11.1 Å². The van der Waals surface area contributed by atoms with E-state index in [0.717, 1.165) is 12.8 Å². The molecule has 9 nitrogen and oxygen atoms in total. The van der Waals surface area contributed by atoms with Gasteiger partial charge in [0.15, 0.2) is 5.58 Å². The van der Waals surface area contributed by atoms with Crippen molar-refractivity contribution in [2.75, 3.05) is 20.1 Å². The predicted molar refractivity (Wildman–Crippen MR) is 114 cm³/mol. The molecule has 0 bridgehead atoms. The van der Waals surface area contributed by atoms with Crippen molar-refractivity contribution >= 4 is 22.9 Å². The summed E-state index contributed by atoms with van der Waals surface area (Å²) in [6, 6.07) is 7.20. The van der Waals surface area contributed by atoms with Crippen LogP contribution >= 0.6 is 0 Å². The molecule has 0 spiro atoms. The Morgan fingerprint density at radius 1 is 1.23 bits per heavy atom. The summed E-state index contributed by atoms with van der Waals surface area (Å²) in [4.78, 5) is 47.3. The van der Waals surface area contributed by atoms with Gasteiger partial charge in [-0.1, -0.05) is 12.1 Å². The minimum Gasteiger partial charge on any atom is -0.408 e. The van der Waals surface area contributed by atoms with Crippen molar-refractivity contribution in [3.05, 3.63) is 58.1 Å². The number of amides is 2. The van der Waals surface area contributed by atoms with Gasteiger partial charge in [-0.25, -0.2) is 14.8 Å². The molecule has 3 aromatic rings. The van der Waals surface area contributed by atoms with Gasteiger partial charge in [-0.05, 0) is 31.9 Å². The van der Waals surface area contributed by atoms with Crippen LogP contribution in [0, 0.1) is 6.92 Å². The molecule has 1 aromatic carbocycles. The van der Waals surface area contributed by atoms with E-state index < -0.39 is 5.76 Å². The molecule has 2 amide bonds. The number of aromatic nitrogens is 3. The number of benzene rings is 1. The number of carbonyl (C=O) groups is 2. The summed E-state index contributed by atoms with van der Waals surface area (Å²) in [6.45, 7) is 3.32. The topological polar surface area (TPSA) is 110 Å². The Morgan fingerprint density at radius 3 is 2.68 bits per heavy atom. The summed E-state index contributed by atoms with van der Waals surface area (Å²) in [5.41, 5.74) is 2.35. The molecule has 1 saturated heterocycles. The molecule has 0 radical (unpaired) electrons. The Kier molecular flexibility index (Phi) is 5.83. The second-order valence-electron chi connectivity index (χ2n) is 7.70. The van der Waals surface area contributed by atoms with Crippen molar-refractivity contribution in [1.29, 1.82) is 0 Å². The molecule has 1 N–H and O–H groups in total. The van der Waals surface area contributed by atoms with Crippen LogP contribution in [-0.2, 0) is 11.3 Å². The number of oxazole rings is 1. The fourth-order valence-corrected chi connectivity index (χ4v) is 4.02. The average molecular weight is 423 g/mol. The van der Waals surface area contributed by atoms with Crippen molar-refractivity contribution < 1.29 is 14.0 Å². The normalized spacial score (nSPS) is 14.7. The molecule has 0 atom stereocenters. The van der Waals surface area contributed by atoms with Crippen molar-refractivity contribution in [1.82, 2.24) is 24.8 Å². The Hall–Kier alpha value is -3.49. The van der Waals surface area contributed by atoms with E-state index in [1.807, 2.05) is 23.1 Å². The smallest absolute Gasteiger partial charge is 0.408 e. The maximum Gasteiger partial charge on any atom is 0.419 e. The number of nitrogens with zero attached hydrogens (tertiary/aromatic N) is 4. The lowest BCUT2D eigenvalue weighted by Gasteiger charge is -2.31. The predicted octanol–water partition coefficient (Wildman–Crippen LogP) is 1.85. The third-order valence-electron chi connectivity index (χ3n) is 5.81. The minimum atomic E-state index is -0.444. The highest BCUT2D eigenvalue weighted by atomic mass is 16.4. The van der Waals surface area contributed by atoms with Crippen molar-refractivity contribution in [3.63, 3.8) is 0 Å². The highest BCUT2D eigenvalue weighted by molar-refractivity contribution is 5.94. The molecule has 1 fully saturated rings. The molecule has 0 aliphatic carbocycles. The van der Waals surface area contributed by atoms with Crippen molar-refractivity contribution in [2.45, 2.75) is 38.6 Å². The Bertz CT molecular complexity index is 1170. The molecule has 9 heteroatoms. The lowest BCUT2D eigenvalue weighted by atomic mass is 9.95. The van der Waals surface area contributed by atoms with E-state index in [9.17, 15) is 14.4 Å². The third-order valence-corrected chi connectivity index (χ3v) is 5.81. The van der Waals surface area contributed by atoms with Crippen LogP contribution < -0.4 is 11.1 Å². The van der Waals surface area contributed by atoms with E-state index in [1.54, 1.807) is 26.2 Å². The van der Waals surface area contributed by atoms with Gasteiger partial charge < -0.3 is 14.6 Å². The average Bonchev–Trinajstić information content (AvgIpc) is 3.11. The molecule has 162 valence electrons. The van der Waals surface area contributed by atoms with Gasteiger partial charge in [0, 0.05) is 45.2 Å². The second kappa shape index (κ2) is 8.71. The lowest BCUT2D eigenvalue weighted by molar-refractivity contribution is -0.132. The molecule has 31 heavy (non-hydrogen) atoms. The Labute approximate surface area is 179 Å². The number of piperidine rings is 1. The number of nitrogens with one attached hydrogen (secondary N) is 1. The molecule has 1 aliphatic heterocycles. The largest absolute Gasteiger partial charge is 0.419 e. The van der Waals surface area contributed by atoms with Crippen LogP contribution in [0.15, 0.2) is 39.7 Å². The summed E-state index contributed by atoms with van der Waals surface area (Å²) in [5.74, 6) is 0.243. The second-order valence-corrected chi connectivity index (χ2v) is 7.70. The fraction of sp³-hybridized carbons (Fsp3) is 0.409. The van der Waals surface area contributed by atoms with Crippen LogP contribution in [0.1, 0.15) is 47.1 Å². The maximum atomic E-state index is 12.7. The fourth-order valence-electron chi connectivity index (χ4n) is 4.02. The van der Waals surface area contributed by atoms with Gasteiger partial charge in [-0.2, -0.15) is 0 Å². The standard InChI is InChI=1S/C22H25N5O4/c1-14-16(21(29)23-2)13-24-20(25-14)15-7-10-26(11-8-15)19(28)9-12-27-17-5-3-4-6-18(17)31-22(27)30/h3-6,13,15H,7-12H2,1-2H3,(H,23,29). The first-order valence-electron chi connectivity index (χ1n) is 10.4. The monoisotopic (exact) mass is 423 g/mol. The summed E-state index contributed by atoms with van der Waals surface area (Å²) < 4.78 is 6.73. The summed E-state index contributed by atoms with van der Waals surface area (Å²) >= 11 is 0. The minimum absolute atomic E-state index is 0.0164. The van der Waals surface area contributed by atoms with E-state index in [4.69, 9.17) is 4.42 Å². The first kappa shape index (κ1) is 20.8. The van der Waals surface area contributed by atoms with Crippen LogP contribution in [0.4, 0.5) is 0 Å². The Balaban J connectivity index is 1.35. The molecular formula is C22H25N5O4. The van der Waals surface area contributed by atoms with Gasteiger partial charge in [0.05, 0.1) is 16.8 Å². The third kappa shape index (κ3) is 4.21. The number of fused-ring (bicyclic) bond motifs is 1. The van der Waals surface area contributed by atoms with E-state index >= 15 is 0 Å². The summed E-state index contributed by atoms with van der Waals surface area (Å²) in [5, 5.41) is 2.58. The number of para-hydroxylation sites is 2. The SMILES string of the molecule is CNC(=O)c1cnc(C2CCN(C(=O)CCn3c(=O)oc4ccccc43)CC2)nc1C. The molecule has 0 saturated carbocycles. The lowest BCUT2D eigenvalue weighted by Crippen LogP contribution is -2.39. The van der Waals surface area contributed by atoms with Gasteiger partial charge in [0.2, 0.25) is 5.91 Å². The van der Waals surface area contributed by atoms with E-state index in [0.29, 0.717) is 41.3 Å². The quantitative estimate of drug-likeness (QED) is 0.671. The number of rotatable bonds is 5. The van der Waals surface area contributed by atoms with Crippen molar-refractivity contribution in [2.24, 2.45) is 0 Å². The van der Waals surface area contributed by atoms with Gasteiger partial charge in [-0.3, -0.25) is 14.2 Å². The van der Waals surface area contributed by atoms with Gasteiger partial charge in [0.1, 0.15) is 5.82 Å². The number of aryl methyl sites for hydroxylation is 2. The molecular weight excluding hydrogens is 398 g/mol.